The summed E-state index contributed by atoms with van der Waals surface area (Å²) < 4.78 is 22.0. The monoisotopic (exact) mass is 400 g/mol. The van der Waals surface area contributed by atoms with E-state index in [-0.39, 0.29) is 25.2 Å². The summed E-state index contributed by atoms with van der Waals surface area (Å²) in [7, 11) is 1.57. The number of nitrogens with one attached hydrogen (secondary N) is 2. The van der Waals surface area contributed by atoms with Crippen LogP contribution in [0.1, 0.15) is 10.4 Å². The van der Waals surface area contributed by atoms with E-state index in [9.17, 15) is 9.59 Å². The number of benzene rings is 1. The summed E-state index contributed by atoms with van der Waals surface area (Å²) in [6.45, 7) is 0.445. The van der Waals surface area contributed by atoms with Crippen LogP contribution >= 0.6 is 0 Å². The van der Waals surface area contributed by atoms with Crippen LogP contribution in [0.4, 0.5) is 10.5 Å². The van der Waals surface area contributed by atoms with Gasteiger partial charge < -0.3 is 24.3 Å². The van der Waals surface area contributed by atoms with E-state index in [1.807, 2.05) is 0 Å². The highest BCUT2D eigenvalue weighted by atomic mass is 16.6. The Bertz CT molecular complexity index is 863. The van der Waals surface area contributed by atoms with Gasteiger partial charge >= 0.3 is 6.09 Å². The lowest BCUT2D eigenvalue weighted by Gasteiger charge is -2.18. The second-order valence-corrected chi connectivity index (χ2v) is 6.60. The van der Waals surface area contributed by atoms with E-state index in [2.05, 4.69) is 20.6 Å². The quantitative estimate of drug-likeness (QED) is 0.763. The summed E-state index contributed by atoms with van der Waals surface area (Å²) in [6, 6.07) is 6.52. The molecule has 2 aromatic rings. The molecule has 4 rings (SSSR count). The molecule has 4 atom stereocenters. The number of nitrogens with zero attached hydrogens (tertiary/aromatic N) is 2. The van der Waals surface area contributed by atoms with E-state index in [0.29, 0.717) is 17.0 Å². The van der Waals surface area contributed by atoms with E-state index < -0.39 is 24.4 Å². The van der Waals surface area contributed by atoms with Gasteiger partial charge in [-0.05, 0) is 24.3 Å². The number of carbonyl (C=O) groups excluding carboxylic acids is 2. The van der Waals surface area contributed by atoms with Crippen molar-refractivity contribution in [2.75, 3.05) is 25.6 Å². The van der Waals surface area contributed by atoms with E-state index in [1.165, 1.54) is 18.7 Å². The molecule has 4 unspecified atom stereocenters. The van der Waals surface area contributed by atoms with Crippen LogP contribution < -0.4 is 15.4 Å². The molecule has 0 radical (unpaired) electrons. The number of methoxy groups -OCH3 is 1. The average Bonchev–Trinajstić information content (AvgIpc) is 3.32. The highest BCUT2D eigenvalue weighted by Crippen LogP contribution is 2.29. The lowest BCUT2D eigenvalue weighted by atomic mass is 10.1. The van der Waals surface area contributed by atoms with Crippen LogP contribution in [0.5, 0.6) is 5.75 Å². The van der Waals surface area contributed by atoms with Gasteiger partial charge in [0.05, 0.1) is 31.9 Å². The van der Waals surface area contributed by atoms with Gasteiger partial charge in [0.25, 0.3) is 5.91 Å². The number of carbonyl (C=O) groups is 2. The third-order valence-corrected chi connectivity index (χ3v) is 4.74. The number of ether oxygens (including phenoxy) is 4. The Morgan fingerprint density at radius 1 is 1.07 bits per heavy atom. The zero-order valence-electron chi connectivity index (χ0n) is 15.6. The van der Waals surface area contributed by atoms with E-state index >= 15 is 0 Å². The number of aromatic nitrogens is 2. The molecule has 2 aliphatic heterocycles. The molecule has 0 aliphatic carbocycles. The number of rotatable bonds is 5. The fraction of sp³-hybridized carbons (Fsp3) is 0.368. The maximum Gasteiger partial charge on any atom is 0.412 e. The fourth-order valence-corrected chi connectivity index (χ4v) is 3.32. The largest absolute Gasteiger partial charge is 0.497 e. The highest BCUT2D eigenvalue weighted by Gasteiger charge is 2.50. The van der Waals surface area contributed by atoms with Crippen molar-refractivity contribution < 1.29 is 28.5 Å². The molecule has 10 heteroatoms. The number of amides is 2. The second-order valence-electron chi connectivity index (χ2n) is 6.60. The van der Waals surface area contributed by atoms with Crippen molar-refractivity contribution in [3.05, 3.63) is 48.5 Å². The minimum Gasteiger partial charge on any atom is -0.497 e. The second kappa shape index (κ2) is 8.41. The summed E-state index contributed by atoms with van der Waals surface area (Å²) in [4.78, 5) is 32.1. The van der Waals surface area contributed by atoms with Crippen LogP contribution in [0.15, 0.2) is 43.0 Å². The van der Waals surface area contributed by atoms with Crippen molar-refractivity contribution in [3.63, 3.8) is 0 Å². The van der Waals surface area contributed by atoms with Gasteiger partial charge in [-0.2, -0.15) is 0 Å². The maximum atomic E-state index is 12.3. The Labute approximate surface area is 166 Å². The van der Waals surface area contributed by atoms with Crippen molar-refractivity contribution in [2.45, 2.75) is 24.4 Å². The maximum absolute atomic E-state index is 12.3. The van der Waals surface area contributed by atoms with Gasteiger partial charge in [0, 0.05) is 18.1 Å². The SMILES string of the molecule is COc1ccc(NC(=O)OC2COC3C(NC(=O)c4cncnc4)COC23)cc1. The molecule has 0 spiro atoms. The lowest BCUT2D eigenvalue weighted by molar-refractivity contribution is 0.00861. The standard InChI is InChI=1S/C19H20N4O6/c1-26-13-4-2-12(3-5-13)22-19(25)29-15-9-28-16-14(8-27-17(15)16)23-18(24)11-6-20-10-21-7-11/h2-7,10,14-17H,8-9H2,1H3,(H,22,25)(H,23,24). The van der Waals surface area contributed by atoms with Crippen LogP contribution in [0.2, 0.25) is 0 Å². The minimum atomic E-state index is -0.609. The molecule has 0 bridgehead atoms. The first-order valence-electron chi connectivity index (χ1n) is 9.05. The fourth-order valence-electron chi connectivity index (χ4n) is 3.32. The van der Waals surface area contributed by atoms with Crippen molar-refractivity contribution in [1.29, 1.82) is 0 Å². The summed E-state index contributed by atoms with van der Waals surface area (Å²) >= 11 is 0. The third-order valence-electron chi connectivity index (χ3n) is 4.74. The molecular weight excluding hydrogens is 380 g/mol. The topological polar surface area (TPSA) is 121 Å². The van der Waals surface area contributed by atoms with Crippen molar-refractivity contribution in [1.82, 2.24) is 15.3 Å². The molecule has 2 saturated heterocycles. The minimum absolute atomic E-state index is 0.187. The van der Waals surface area contributed by atoms with E-state index in [0.717, 1.165) is 0 Å². The van der Waals surface area contributed by atoms with Crippen molar-refractivity contribution >= 4 is 17.7 Å². The predicted molar refractivity (Wildman–Crippen MR) is 99.7 cm³/mol. The summed E-state index contributed by atoms with van der Waals surface area (Å²) in [6.07, 6.45) is 2.18. The molecule has 152 valence electrons. The van der Waals surface area contributed by atoms with E-state index in [4.69, 9.17) is 18.9 Å². The first-order chi connectivity index (χ1) is 14.1. The van der Waals surface area contributed by atoms with E-state index in [1.54, 1.807) is 31.4 Å². The van der Waals surface area contributed by atoms with Crippen LogP contribution in [0.25, 0.3) is 0 Å². The van der Waals surface area contributed by atoms with Gasteiger partial charge in [0.1, 0.15) is 24.3 Å². The Morgan fingerprint density at radius 3 is 2.52 bits per heavy atom. The van der Waals surface area contributed by atoms with Gasteiger partial charge in [-0.1, -0.05) is 0 Å². The average molecular weight is 400 g/mol. The molecule has 2 N–H and O–H groups in total. The van der Waals surface area contributed by atoms with Crippen molar-refractivity contribution in [2.24, 2.45) is 0 Å². The Morgan fingerprint density at radius 2 is 1.79 bits per heavy atom. The number of anilines is 1. The zero-order valence-corrected chi connectivity index (χ0v) is 15.6. The molecule has 2 aliphatic rings. The molecule has 2 amide bonds. The Hall–Kier alpha value is -3.24. The Kier molecular flexibility index (Phi) is 5.54. The van der Waals surface area contributed by atoms with Crippen LogP contribution in [0.3, 0.4) is 0 Å². The van der Waals surface area contributed by atoms with Gasteiger partial charge in [0.2, 0.25) is 0 Å². The Balaban J connectivity index is 1.30. The molecule has 1 aromatic heterocycles. The molecular formula is C19H20N4O6. The first kappa shape index (κ1) is 19.1. The van der Waals surface area contributed by atoms with Gasteiger partial charge in [-0.15, -0.1) is 0 Å². The summed E-state index contributed by atoms with van der Waals surface area (Å²) in [5, 5.41) is 5.51. The molecule has 1 aromatic carbocycles. The number of hydrogen-bond donors (Lipinski definition) is 2. The zero-order chi connectivity index (χ0) is 20.2. The van der Waals surface area contributed by atoms with Gasteiger partial charge in [-0.25, -0.2) is 14.8 Å². The molecule has 3 heterocycles. The molecule has 2 fully saturated rings. The van der Waals surface area contributed by atoms with Crippen LogP contribution in [-0.4, -0.2) is 66.6 Å². The van der Waals surface area contributed by atoms with Crippen LogP contribution in [0, 0.1) is 0 Å². The van der Waals surface area contributed by atoms with Gasteiger partial charge in [-0.3, -0.25) is 10.1 Å². The number of fused-ring (bicyclic) bond motifs is 1. The highest BCUT2D eigenvalue weighted by molar-refractivity contribution is 5.93. The molecule has 0 saturated carbocycles. The first-order valence-corrected chi connectivity index (χ1v) is 9.05. The van der Waals surface area contributed by atoms with Gasteiger partial charge in [0.15, 0.2) is 6.10 Å². The third kappa shape index (κ3) is 4.28. The normalized spacial score (nSPS) is 25.1. The van der Waals surface area contributed by atoms with Crippen molar-refractivity contribution in [3.8, 4) is 5.75 Å². The summed E-state index contributed by atoms with van der Waals surface area (Å²) in [5.41, 5.74) is 0.925. The number of hydrogen-bond acceptors (Lipinski definition) is 8. The molecule has 29 heavy (non-hydrogen) atoms. The smallest absolute Gasteiger partial charge is 0.412 e. The predicted octanol–water partition coefficient (Wildman–Crippen LogP) is 0.998. The lowest BCUT2D eigenvalue weighted by Crippen LogP contribution is -2.44. The van der Waals surface area contributed by atoms with Crippen LogP contribution in [-0.2, 0) is 14.2 Å². The molecule has 10 nitrogen and oxygen atoms in total. The summed E-state index contributed by atoms with van der Waals surface area (Å²) in [5.74, 6) is 0.371.